The predicted molar refractivity (Wildman–Crippen MR) is 73.9 cm³/mol. The second-order valence-electron chi connectivity index (χ2n) is 4.05. The van der Waals surface area contributed by atoms with Gasteiger partial charge in [0, 0.05) is 6.42 Å². The molecule has 0 spiro atoms. The van der Waals surface area contributed by atoms with Crippen molar-refractivity contribution in [2.24, 2.45) is 0 Å². The van der Waals surface area contributed by atoms with Crippen LogP contribution in [0, 0.1) is 0 Å². The molecule has 0 fully saturated rings. The Balaban J connectivity index is 3.78. The summed E-state index contributed by atoms with van der Waals surface area (Å²) in [4.78, 5) is 34.5. The van der Waals surface area contributed by atoms with Crippen LogP contribution < -0.4 is 12.9 Å². The molecular formula is C11H23AlN4O3. The number of nitrogens with one attached hydrogen (secondary N) is 3. The number of hydrogen-bond acceptors (Lipinski definition) is 4. The van der Waals surface area contributed by atoms with Crippen LogP contribution in [0.2, 0.25) is 0 Å². The van der Waals surface area contributed by atoms with Gasteiger partial charge in [-0.2, -0.15) is 0 Å². The smallest absolute Gasteiger partial charge is 0.412 e. The Morgan fingerprint density at radius 1 is 1.11 bits per heavy atom. The van der Waals surface area contributed by atoms with Gasteiger partial charge in [0.15, 0.2) is 18.7 Å². The monoisotopic (exact) mass is 286 g/mol. The Morgan fingerprint density at radius 2 is 1.68 bits per heavy atom. The maximum Gasteiger partial charge on any atom is 0.740 e. The molecule has 108 valence electrons. The van der Waals surface area contributed by atoms with Gasteiger partial charge in [0.05, 0.1) is 0 Å². The van der Waals surface area contributed by atoms with Crippen LogP contribution in [-0.4, -0.2) is 58.1 Å². The van der Waals surface area contributed by atoms with E-state index in [1.54, 1.807) is 0 Å². The van der Waals surface area contributed by atoms with E-state index in [1.807, 2.05) is 0 Å². The van der Waals surface area contributed by atoms with E-state index in [1.165, 1.54) is 0 Å². The van der Waals surface area contributed by atoms with Gasteiger partial charge in [-0.3, -0.25) is 14.4 Å². The third-order valence-corrected chi connectivity index (χ3v) is 4.35. The molecule has 0 bridgehead atoms. The van der Waals surface area contributed by atoms with Crippen LogP contribution in [0.4, 0.5) is 0 Å². The first-order chi connectivity index (χ1) is 9.17. The molecule has 0 aromatic rings. The molecule has 0 aliphatic carbocycles. The molecule has 19 heavy (non-hydrogen) atoms. The standard InChI is InChI=1S/C9H20N2O.2CH3NO.Al/c1-3-11(4-2)8-6-5-7-9(10)12;2*2-1-3;/h3-8H2,1-2H3,(H2,10,12);2*1H,(H2,2,3);/q;;;+3/p-3. The quantitative estimate of drug-likeness (QED) is 0.246. The molecule has 0 aromatic carbocycles. The highest BCUT2D eigenvalue weighted by atomic mass is 27.2. The minimum atomic E-state index is -2.22. The van der Waals surface area contributed by atoms with E-state index in [4.69, 9.17) is 0 Å². The van der Waals surface area contributed by atoms with Crippen molar-refractivity contribution in [3.8, 4) is 0 Å². The van der Waals surface area contributed by atoms with Crippen LogP contribution in [0.5, 0.6) is 0 Å². The lowest BCUT2D eigenvalue weighted by molar-refractivity contribution is -0.119. The number of rotatable bonds is 12. The summed E-state index contributed by atoms with van der Waals surface area (Å²) >= 11 is -2.22. The van der Waals surface area contributed by atoms with Crippen LogP contribution >= 0.6 is 0 Å². The Bertz CT molecular complexity index is 265. The van der Waals surface area contributed by atoms with Gasteiger partial charge in [0.25, 0.3) is 0 Å². The van der Waals surface area contributed by atoms with E-state index in [0.29, 0.717) is 19.2 Å². The predicted octanol–water partition coefficient (Wildman–Crippen LogP) is -0.908. The molecule has 0 atom stereocenters. The molecule has 0 radical (unpaired) electrons. The molecule has 0 unspecified atom stereocenters. The first-order valence-corrected chi connectivity index (χ1v) is 8.32. The summed E-state index contributed by atoms with van der Waals surface area (Å²) in [6.07, 6.45) is 3.13. The summed E-state index contributed by atoms with van der Waals surface area (Å²) in [6, 6.07) is 0. The third-order valence-electron chi connectivity index (χ3n) is 2.80. The van der Waals surface area contributed by atoms with Crippen molar-refractivity contribution < 1.29 is 14.4 Å². The lowest BCUT2D eigenvalue weighted by atomic mass is 10.2. The van der Waals surface area contributed by atoms with Crippen LogP contribution in [-0.2, 0) is 14.4 Å². The van der Waals surface area contributed by atoms with Gasteiger partial charge in [-0.25, -0.2) is 0 Å². The number of amides is 3. The van der Waals surface area contributed by atoms with Crippen molar-refractivity contribution in [2.75, 3.05) is 19.6 Å². The van der Waals surface area contributed by atoms with Crippen molar-refractivity contribution in [3.63, 3.8) is 0 Å². The molecule has 0 saturated carbocycles. The van der Waals surface area contributed by atoms with Gasteiger partial charge in [-0.1, -0.05) is 13.8 Å². The van der Waals surface area contributed by atoms with Gasteiger partial charge < -0.3 is 17.8 Å². The number of carbonyl (C=O) groups excluding carboxylic acids is 3. The summed E-state index contributed by atoms with van der Waals surface area (Å²) in [6.45, 7) is 7.25. The molecule has 0 rings (SSSR count). The van der Waals surface area contributed by atoms with E-state index < -0.39 is 14.8 Å². The van der Waals surface area contributed by atoms with E-state index in [2.05, 4.69) is 31.6 Å². The van der Waals surface area contributed by atoms with Gasteiger partial charge in [-0.05, 0) is 32.5 Å². The molecule has 0 aliphatic heterocycles. The molecule has 7 nitrogen and oxygen atoms in total. The average Bonchev–Trinajstić information content (AvgIpc) is 2.39. The maximum atomic E-state index is 11.6. The number of carbonyl (C=O) groups is 3. The minimum absolute atomic E-state index is 0.139. The lowest BCUT2D eigenvalue weighted by Gasteiger charge is -2.17. The zero-order chi connectivity index (χ0) is 14.5. The number of nitrogens with zero attached hydrogens (tertiary/aromatic N) is 1. The van der Waals surface area contributed by atoms with Gasteiger partial charge in [0.2, 0.25) is 0 Å². The highest BCUT2D eigenvalue weighted by Crippen LogP contribution is 1.98. The highest BCUT2D eigenvalue weighted by Gasteiger charge is 2.24. The number of unbranched alkanes of at least 4 members (excludes halogenated alkanes) is 1. The van der Waals surface area contributed by atoms with E-state index in [0.717, 1.165) is 32.5 Å². The largest absolute Gasteiger partial charge is 0.740 e. The van der Waals surface area contributed by atoms with Crippen molar-refractivity contribution in [1.82, 2.24) is 17.8 Å². The zero-order valence-electron chi connectivity index (χ0n) is 11.6. The van der Waals surface area contributed by atoms with Crippen LogP contribution in [0.1, 0.15) is 33.1 Å². The molecule has 3 amide bonds. The summed E-state index contributed by atoms with van der Waals surface area (Å²) in [5.41, 5.74) is 0. The molecule has 0 aliphatic rings. The Hall–Kier alpha value is -1.10. The van der Waals surface area contributed by atoms with E-state index in [9.17, 15) is 14.4 Å². The summed E-state index contributed by atoms with van der Waals surface area (Å²) < 4.78 is 7.47. The fourth-order valence-electron chi connectivity index (χ4n) is 1.66. The van der Waals surface area contributed by atoms with Crippen LogP contribution in [0.3, 0.4) is 0 Å². The molecule has 8 heteroatoms. The Morgan fingerprint density at radius 3 is 2.16 bits per heavy atom. The normalized spacial score (nSPS) is 9.84. The first-order valence-electron chi connectivity index (χ1n) is 6.59. The first kappa shape index (κ1) is 17.9. The van der Waals surface area contributed by atoms with E-state index >= 15 is 0 Å². The lowest BCUT2D eigenvalue weighted by Crippen LogP contribution is -2.59. The van der Waals surface area contributed by atoms with Crippen molar-refractivity contribution >= 4 is 33.5 Å². The molecule has 0 saturated heterocycles. The fourth-order valence-corrected chi connectivity index (χ4v) is 2.66. The third kappa shape index (κ3) is 9.48. The Kier molecular flexibility index (Phi) is 11.3. The van der Waals surface area contributed by atoms with Gasteiger partial charge in [-0.15, -0.1) is 0 Å². The summed E-state index contributed by atoms with van der Waals surface area (Å²) in [5.74, 6) is -0.139. The minimum Gasteiger partial charge on any atom is -0.412 e. The molecule has 0 heterocycles. The summed E-state index contributed by atoms with van der Waals surface area (Å²) in [7, 11) is 0. The summed E-state index contributed by atoms with van der Waals surface area (Å²) in [5, 5.41) is 0. The topological polar surface area (TPSA) is 90.5 Å². The number of hydrogen-bond donors (Lipinski definition) is 3. The zero-order valence-corrected chi connectivity index (χ0v) is 12.8. The van der Waals surface area contributed by atoms with Gasteiger partial charge >= 0.3 is 14.8 Å². The van der Waals surface area contributed by atoms with Crippen molar-refractivity contribution in [3.05, 3.63) is 0 Å². The van der Waals surface area contributed by atoms with Gasteiger partial charge in [0.1, 0.15) is 0 Å². The van der Waals surface area contributed by atoms with E-state index in [-0.39, 0.29) is 5.91 Å². The fraction of sp³-hybridized carbons (Fsp3) is 0.727. The molecule has 3 N–H and O–H groups in total. The van der Waals surface area contributed by atoms with Crippen LogP contribution in [0.15, 0.2) is 0 Å². The van der Waals surface area contributed by atoms with Crippen molar-refractivity contribution in [2.45, 2.75) is 33.1 Å². The van der Waals surface area contributed by atoms with Crippen LogP contribution in [0.25, 0.3) is 0 Å². The molecular weight excluding hydrogens is 263 g/mol. The SMILES string of the molecule is CCN(CC)CCCCC(=O)[NH][Al]([NH]C=O)[NH]C=O. The second-order valence-corrected chi connectivity index (χ2v) is 5.87. The second kappa shape index (κ2) is 12.0. The highest BCUT2D eigenvalue weighted by molar-refractivity contribution is 6.57. The molecule has 0 aromatic heterocycles. The Labute approximate surface area is 119 Å². The average molecular weight is 286 g/mol. The maximum absolute atomic E-state index is 11.6. The van der Waals surface area contributed by atoms with Crippen molar-refractivity contribution in [1.29, 1.82) is 0 Å².